The smallest absolute Gasteiger partial charge is 0.166 e. The quantitative estimate of drug-likeness (QED) is 0.344. The molecule has 1 fully saturated rings. The van der Waals surface area contributed by atoms with Crippen molar-refractivity contribution in [2.24, 2.45) is 13.0 Å². The number of ether oxygens (including phenoxy) is 2. The summed E-state index contributed by atoms with van der Waals surface area (Å²) in [5, 5.41) is 8.16. The number of nitrogens with zero attached hydrogens (tertiary/aromatic N) is 5. The number of nitrogens with one attached hydrogen (secondary N) is 1. The van der Waals surface area contributed by atoms with E-state index in [1.54, 1.807) is 28.5 Å². The van der Waals surface area contributed by atoms with Gasteiger partial charge < -0.3 is 14.8 Å². The van der Waals surface area contributed by atoms with Crippen molar-refractivity contribution in [3.05, 3.63) is 54.3 Å². The third-order valence-electron chi connectivity index (χ3n) is 6.37. The van der Waals surface area contributed by atoms with Crippen molar-refractivity contribution >= 4 is 44.0 Å². The van der Waals surface area contributed by atoms with Crippen molar-refractivity contribution in [3.8, 4) is 16.9 Å². The van der Waals surface area contributed by atoms with E-state index in [1.807, 2.05) is 25.4 Å². The Labute approximate surface area is 204 Å². The number of hydrogen-bond donors (Lipinski definition) is 1. The number of benzene rings is 2. The Kier molecular flexibility index (Phi) is 5.54. The molecule has 0 radical (unpaired) electrons. The second-order valence-corrected chi connectivity index (χ2v) is 9.55. The van der Waals surface area contributed by atoms with Gasteiger partial charge in [-0.3, -0.25) is 4.68 Å². The minimum atomic E-state index is -0.359. The van der Waals surface area contributed by atoms with Gasteiger partial charge in [-0.1, -0.05) is 0 Å². The van der Waals surface area contributed by atoms with Gasteiger partial charge >= 0.3 is 0 Å². The number of halogens is 1. The van der Waals surface area contributed by atoms with Crippen LogP contribution >= 0.6 is 11.3 Å². The molecular weight excluding hydrogens is 467 g/mol. The van der Waals surface area contributed by atoms with Crippen LogP contribution in [0, 0.1) is 11.7 Å². The molecular formula is C25H23FN6O2S. The lowest BCUT2D eigenvalue weighted by Crippen LogP contribution is -2.24. The highest BCUT2D eigenvalue weighted by molar-refractivity contribution is 7.16. The van der Waals surface area contributed by atoms with Gasteiger partial charge in [0.05, 0.1) is 45.1 Å². The zero-order valence-corrected chi connectivity index (χ0v) is 20.1. The van der Waals surface area contributed by atoms with Crippen LogP contribution in [0.2, 0.25) is 0 Å². The molecule has 178 valence electrons. The number of aromatic nitrogens is 5. The number of hydrogen-bond acceptors (Lipinski definition) is 8. The second-order valence-electron chi connectivity index (χ2n) is 8.69. The molecule has 0 amide bonds. The lowest BCUT2D eigenvalue weighted by molar-refractivity contribution is 0.124. The van der Waals surface area contributed by atoms with Crippen LogP contribution in [-0.4, -0.2) is 44.1 Å². The second kappa shape index (κ2) is 8.86. The van der Waals surface area contributed by atoms with Crippen LogP contribution in [0.4, 0.5) is 15.9 Å². The highest BCUT2D eigenvalue weighted by Crippen LogP contribution is 2.38. The van der Waals surface area contributed by atoms with E-state index in [1.165, 1.54) is 17.7 Å². The summed E-state index contributed by atoms with van der Waals surface area (Å²) in [5.41, 5.74) is 5.15. The van der Waals surface area contributed by atoms with E-state index in [2.05, 4.69) is 32.3 Å². The lowest BCUT2D eigenvalue weighted by Gasteiger charge is -2.22. The first kappa shape index (κ1) is 21.9. The molecule has 1 aliphatic rings. The van der Waals surface area contributed by atoms with E-state index in [0.717, 1.165) is 24.2 Å². The Morgan fingerprint density at radius 2 is 2.11 bits per heavy atom. The fraction of sp³-hybridized carbons (Fsp3) is 0.280. The van der Waals surface area contributed by atoms with Crippen LogP contribution in [0.5, 0.6) is 5.75 Å². The Morgan fingerprint density at radius 1 is 1.20 bits per heavy atom. The van der Waals surface area contributed by atoms with Crippen LogP contribution in [-0.2, 0) is 11.8 Å². The molecule has 0 spiro atoms. The lowest BCUT2D eigenvalue weighted by atomic mass is 10.0. The Balaban J connectivity index is 1.47. The van der Waals surface area contributed by atoms with E-state index >= 15 is 4.39 Å². The molecule has 0 aliphatic carbocycles. The molecule has 0 saturated carbocycles. The van der Waals surface area contributed by atoms with E-state index in [4.69, 9.17) is 9.47 Å². The van der Waals surface area contributed by atoms with E-state index < -0.39 is 0 Å². The van der Waals surface area contributed by atoms with Crippen molar-refractivity contribution in [3.63, 3.8) is 0 Å². The molecule has 35 heavy (non-hydrogen) atoms. The minimum absolute atomic E-state index is 0.0804. The van der Waals surface area contributed by atoms with Crippen LogP contribution in [0.1, 0.15) is 13.3 Å². The Hall–Kier alpha value is -3.63. The van der Waals surface area contributed by atoms with Gasteiger partial charge in [-0.2, -0.15) is 5.10 Å². The number of thiazole rings is 1. The van der Waals surface area contributed by atoms with Crippen molar-refractivity contribution in [2.75, 3.05) is 18.5 Å². The summed E-state index contributed by atoms with van der Waals surface area (Å²) >= 11 is 1.27. The Bertz CT molecular complexity index is 1530. The molecule has 4 heterocycles. The molecule has 2 aromatic carbocycles. The third-order valence-corrected chi connectivity index (χ3v) is 7.21. The molecule has 3 aromatic heterocycles. The van der Waals surface area contributed by atoms with Gasteiger partial charge in [0.15, 0.2) is 5.82 Å². The van der Waals surface area contributed by atoms with Crippen molar-refractivity contribution in [1.82, 2.24) is 24.7 Å². The summed E-state index contributed by atoms with van der Waals surface area (Å²) in [7, 11) is 1.88. The first-order valence-corrected chi connectivity index (χ1v) is 12.3. The molecule has 1 N–H and O–H groups in total. The molecule has 1 unspecified atom stereocenters. The van der Waals surface area contributed by atoms with Gasteiger partial charge in [-0.15, -0.1) is 11.3 Å². The van der Waals surface area contributed by atoms with Crippen molar-refractivity contribution < 1.29 is 13.9 Å². The van der Waals surface area contributed by atoms with Crippen molar-refractivity contribution in [2.45, 2.75) is 19.4 Å². The van der Waals surface area contributed by atoms with Crippen LogP contribution < -0.4 is 10.1 Å². The summed E-state index contributed by atoms with van der Waals surface area (Å²) in [6.07, 6.45) is 6.09. The average Bonchev–Trinajstić information content (AvgIpc) is 3.63. The largest absolute Gasteiger partial charge is 0.489 e. The average molecular weight is 491 g/mol. The van der Waals surface area contributed by atoms with Gasteiger partial charge in [0, 0.05) is 31.3 Å². The standard InChI is InChI=1S/C25H23FN6O2S/c1-14(15-5-6-33-11-15)34-21-8-16(17-9-30-32(2)10-17)7-20-22(21)25(28-12-27-20)31-18-3-4-19-24(23(18)26)35-13-29-19/h3-4,7-10,12-15H,5-6,11H2,1-2H3,(H,27,28,31)/t14-,15?/m0/s1. The summed E-state index contributed by atoms with van der Waals surface area (Å²) in [6, 6.07) is 7.41. The zero-order valence-electron chi connectivity index (χ0n) is 19.2. The molecule has 6 rings (SSSR count). The molecule has 8 nitrogen and oxygen atoms in total. The van der Waals surface area contributed by atoms with Gasteiger partial charge in [-0.25, -0.2) is 19.3 Å². The van der Waals surface area contributed by atoms with E-state index in [-0.39, 0.29) is 11.9 Å². The molecule has 2 atom stereocenters. The fourth-order valence-corrected chi connectivity index (χ4v) is 5.14. The molecule has 1 aliphatic heterocycles. The number of rotatable bonds is 6. The predicted octanol–water partition coefficient (Wildman–Crippen LogP) is 5.33. The van der Waals surface area contributed by atoms with E-state index in [9.17, 15) is 0 Å². The summed E-state index contributed by atoms with van der Waals surface area (Å²) < 4.78 is 29.5. The number of aryl methyl sites for hydroxylation is 1. The van der Waals surface area contributed by atoms with Crippen LogP contribution in [0.15, 0.2) is 48.5 Å². The number of anilines is 2. The fourth-order valence-electron chi connectivity index (χ4n) is 4.42. The topological polar surface area (TPSA) is 87.0 Å². The SMILES string of the molecule is C[C@H](Oc1cc(-c2cnn(C)c2)cc2ncnc(Nc3ccc4ncsc4c3F)c12)C1CCOC1. The summed E-state index contributed by atoms with van der Waals surface area (Å²) in [6.45, 7) is 3.46. The maximum atomic E-state index is 15.2. The maximum absolute atomic E-state index is 15.2. The highest BCUT2D eigenvalue weighted by atomic mass is 32.1. The first-order valence-electron chi connectivity index (χ1n) is 11.4. The Morgan fingerprint density at radius 3 is 2.91 bits per heavy atom. The monoisotopic (exact) mass is 490 g/mol. The van der Waals surface area contributed by atoms with Crippen LogP contribution in [0.25, 0.3) is 32.2 Å². The summed E-state index contributed by atoms with van der Waals surface area (Å²) in [5.74, 6) is 1.03. The van der Waals surface area contributed by atoms with Gasteiger partial charge in [0.2, 0.25) is 0 Å². The third kappa shape index (κ3) is 4.08. The van der Waals surface area contributed by atoms with Crippen molar-refractivity contribution in [1.29, 1.82) is 0 Å². The summed E-state index contributed by atoms with van der Waals surface area (Å²) in [4.78, 5) is 13.2. The molecule has 0 bridgehead atoms. The normalized spacial score (nSPS) is 16.7. The first-order chi connectivity index (χ1) is 17.1. The van der Waals surface area contributed by atoms with Gasteiger partial charge in [-0.05, 0) is 43.2 Å². The molecule has 1 saturated heterocycles. The van der Waals surface area contributed by atoms with Crippen LogP contribution in [0.3, 0.4) is 0 Å². The highest BCUT2D eigenvalue weighted by Gasteiger charge is 2.25. The minimum Gasteiger partial charge on any atom is -0.489 e. The molecule has 10 heteroatoms. The van der Waals surface area contributed by atoms with Gasteiger partial charge in [0.1, 0.15) is 24.0 Å². The molecule has 5 aromatic rings. The predicted molar refractivity (Wildman–Crippen MR) is 134 cm³/mol. The number of fused-ring (bicyclic) bond motifs is 2. The van der Waals surface area contributed by atoms with E-state index in [0.29, 0.717) is 50.9 Å². The zero-order chi connectivity index (χ0) is 23.9. The maximum Gasteiger partial charge on any atom is 0.166 e. The van der Waals surface area contributed by atoms with Gasteiger partial charge in [0.25, 0.3) is 0 Å².